The van der Waals surface area contributed by atoms with E-state index in [1.807, 2.05) is 35.9 Å². The van der Waals surface area contributed by atoms with Gasteiger partial charge in [0.05, 0.1) is 23.5 Å². The summed E-state index contributed by atoms with van der Waals surface area (Å²) >= 11 is 0. The molecular formula is C17H19N5O3. The molecule has 1 aromatic heterocycles. The van der Waals surface area contributed by atoms with Gasteiger partial charge in [0.25, 0.3) is 5.91 Å². The van der Waals surface area contributed by atoms with Gasteiger partial charge in [0, 0.05) is 13.6 Å². The lowest BCUT2D eigenvalue weighted by atomic mass is 10.1. The molecule has 4 rings (SSSR count). The standard InChI is InChI=1S/C17H19N5O3/c1-21-12-6-3-2-5-10(12)18-15(21)13-7-4-8-22(13)14(23)9-11-16(24)20-17(25)19-11/h2-3,5-6,11,13H,4,7-9H2,1H3,(H2,19,20,24,25)/t11-,13-/m0/s1. The minimum Gasteiger partial charge on any atom is -0.332 e. The molecule has 0 bridgehead atoms. The number of urea groups is 1. The number of carbonyl (C=O) groups excluding carboxylic acids is 3. The number of amides is 4. The largest absolute Gasteiger partial charge is 0.332 e. The molecule has 130 valence electrons. The fourth-order valence-electron chi connectivity index (χ4n) is 3.69. The van der Waals surface area contributed by atoms with Crippen molar-refractivity contribution >= 4 is 28.9 Å². The normalized spacial score (nSPS) is 23.2. The van der Waals surface area contributed by atoms with Crippen LogP contribution in [-0.4, -0.2) is 44.9 Å². The van der Waals surface area contributed by atoms with Crippen molar-refractivity contribution in [2.45, 2.75) is 31.3 Å². The molecule has 2 saturated heterocycles. The van der Waals surface area contributed by atoms with Crippen LogP contribution in [0.1, 0.15) is 31.1 Å². The molecule has 3 heterocycles. The Balaban J connectivity index is 1.57. The molecule has 0 saturated carbocycles. The third kappa shape index (κ3) is 2.63. The third-order valence-electron chi connectivity index (χ3n) is 4.93. The molecule has 2 aliphatic heterocycles. The van der Waals surface area contributed by atoms with Gasteiger partial charge in [0.1, 0.15) is 11.9 Å². The molecule has 2 fully saturated rings. The summed E-state index contributed by atoms with van der Waals surface area (Å²) in [6.07, 6.45) is 1.70. The zero-order valence-corrected chi connectivity index (χ0v) is 13.9. The third-order valence-corrected chi connectivity index (χ3v) is 4.93. The fourth-order valence-corrected chi connectivity index (χ4v) is 3.69. The van der Waals surface area contributed by atoms with E-state index in [-0.39, 0.29) is 18.4 Å². The number of imidazole rings is 1. The number of hydrogen-bond donors (Lipinski definition) is 2. The summed E-state index contributed by atoms with van der Waals surface area (Å²) in [5.74, 6) is 0.265. The Hall–Kier alpha value is -2.90. The lowest BCUT2D eigenvalue weighted by molar-refractivity contribution is -0.134. The number of imide groups is 1. The Kier molecular flexibility index (Phi) is 3.67. The van der Waals surface area contributed by atoms with E-state index in [0.29, 0.717) is 6.54 Å². The zero-order valence-electron chi connectivity index (χ0n) is 13.9. The number of fused-ring (bicyclic) bond motifs is 1. The number of rotatable bonds is 3. The Morgan fingerprint density at radius 1 is 1.32 bits per heavy atom. The first kappa shape index (κ1) is 15.6. The zero-order chi connectivity index (χ0) is 17.6. The van der Waals surface area contributed by atoms with Gasteiger partial charge in [-0.1, -0.05) is 12.1 Å². The molecule has 2 aliphatic rings. The van der Waals surface area contributed by atoms with Gasteiger partial charge in [-0.05, 0) is 25.0 Å². The van der Waals surface area contributed by atoms with Crippen LogP contribution in [0.2, 0.25) is 0 Å². The van der Waals surface area contributed by atoms with Crippen molar-refractivity contribution in [2.75, 3.05) is 6.54 Å². The highest BCUT2D eigenvalue weighted by Gasteiger charge is 2.37. The van der Waals surface area contributed by atoms with Gasteiger partial charge >= 0.3 is 6.03 Å². The first-order valence-electron chi connectivity index (χ1n) is 8.37. The van der Waals surface area contributed by atoms with Gasteiger partial charge in [-0.3, -0.25) is 14.9 Å². The molecule has 2 aromatic rings. The molecule has 0 radical (unpaired) electrons. The first-order valence-corrected chi connectivity index (χ1v) is 8.37. The van der Waals surface area contributed by atoms with E-state index in [9.17, 15) is 14.4 Å². The summed E-state index contributed by atoms with van der Waals surface area (Å²) in [5.41, 5.74) is 1.93. The number of nitrogens with zero attached hydrogens (tertiary/aromatic N) is 3. The van der Waals surface area contributed by atoms with Gasteiger partial charge < -0.3 is 14.8 Å². The quantitative estimate of drug-likeness (QED) is 0.809. The van der Waals surface area contributed by atoms with Crippen molar-refractivity contribution in [3.63, 3.8) is 0 Å². The van der Waals surface area contributed by atoms with Crippen LogP contribution in [0.5, 0.6) is 0 Å². The highest BCUT2D eigenvalue weighted by atomic mass is 16.2. The number of para-hydroxylation sites is 2. The van der Waals surface area contributed by atoms with Crippen molar-refractivity contribution in [3.8, 4) is 0 Å². The average Bonchev–Trinajstić information content (AvgIpc) is 3.26. The minimum atomic E-state index is -0.790. The summed E-state index contributed by atoms with van der Waals surface area (Å²) in [5, 5.41) is 4.63. The highest BCUT2D eigenvalue weighted by molar-refractivity contribution is 6.05. The summed E-state index contributed by atoms with van der Waals surface area (Å²) in [7, 11) is 1.95. The lowest BCUT2D eigenvalue weighted by Crippen LogP contribution is -2.39. The Morgan fingerprint density at radius 2 is 2.12 bits per heavy atom. The van der Waals surface area contributed by atoms with E-state index in [4.69, 9.17) is 4.98 Å². The monoisotopic (exact) mass is 341 g/mol. The van der Waals surface area contributed by atoms with Crippen molar-refractivity contribution in [2.24, 2.45) is 7.05 Å². The van der Waals surface area contributed by atoms with Crippen LogP contribution in [0.3, 0.4) is 0 Å². The van der Waals surface area contributed by atoms with Crippen molar-refractivity contribution in [1.29, 1.82) is 0 Å². The van der Waals surface area contributed by atoms with Crippen LogP contribution >= 0.6 is 0 Å². The van der Waals surface area contributed by atoms with Crippen LogP contribution in [0.25, 0.3) is 11.0 Å². The van der Waals surface area contributed by atoms with Gasteiger partial charge in [0.15, 0.2) is 0 Å². The average molecular weight is 341 g/mol. The summed E-state index contributed by atoms with van der Waals surface area (Å²) in [4.78, 5) is 42.1. The number of hydrogen-bond acceptors (Lipinski definition) is 4. The van der Waals surface area contributed by atoms with E-state index in [1.54, 1.807) is 4.90 Å². The van der Waals surface area contributed by atoms with Crippen LogP contribution in [0.4, 0.5) is 4.79 Å². The molecular weight excluding hydrogens is 322 g/mol. The summed E-state index contributed by atoms with van der Waals surface area (Å²) < 4.78 is 2.02. The van der Waals surface area contributed by atoms with Crippen LogP contribution in [-0.2, 0) is 16.6 Å². The molecule has 8 heteroatoms. The van der Waals surface area contributed by atoms with Crippen LogP contribution < -0.4 is 10.6 Å². The first-order chi connectivity index (χ1) is 12.0. The Labute approximate surface area is 144 Å². The molecule has 0 spiro atoms. The molecule has 1 aromatic carbocycles. The van der Waals surface area contributed by atoms with Gasteiger partial charge in [0.2, 0.25) is 5.91 Å². The Morgan fingerprint density at radius 3 is 2.84 bits per heavy atom. The molecule has 0 unspecified atom stereocenters. The van der Waals surface area contributed by atoms with Crippen molar-refractivity contribution < 1.29 is 14.4 Å². The number of likely N-dealkylation sites (tertiary alicyclic amines) is 1. The van der Waals surface area contributed by atoms with Crippen LogP contribution in [0, 0.1) is 0 Å². The summed E-state index contributed by atoms with van der Waals surface area (Å²) in [6, 6.07) is 6.43. The van der Waals surface area contributed by atoms with Crippen LogP contribution in [0.15, 0.2) is 24.3 Å². The fraction of sp³-hybridized carbons (Fsp3) is 0.412. The van der Waals surface area contributed by atoms with E-state index in [2.05, 4.69) is 10.6 Å². The second kappa shape index (κ2) is 5.87. The van der Waals surface area contributed by atoms with Gasteiger partial charge in [-0.25, -0.2) is 9.78 Å². The van der Waals surface area contributed by atoms with Crippen molar-refractivity contribution in [3.05, 3.63) is 30.1 Å². The maximum Gasteiger partial charge on any atom is 0.322 e. The minimum absolute atomic E-state index is 0.0297. The maximum absolute atomic E-state index is 12.7. The van der Waals surface area contributed by atoms with E-state index in [1.165, 1.54) is 0 Å². The smallest absolute Gasteiger partial charge is 0.322 e. The second-order valence-corrected chi connectivity index (χ2v) is 6.48. The second-order valence-electron chi connectivity index (χ2n) is 6.48. The topological polar surface area (TPSA) is 96.3 Å². The SMILES string of the molecule is Cn1c([C@@H]2CCCN2C(=O)C[C@@H]2NC(=O)NC2=O)nc2ccccc21. The summed E-state index contributed by atoms with van der Waals surface area (Å²) in [6.45, 7) is 0.634. The molecule has 2 N–H and O–H groups in total. The predicted octanol–water partition coefficient (Wildman–Crippen LogP) is 0.835. The van der Waals surface area contributed by atoms with Gasteiger partial charge in [-0.2, -0.15) is 0 Å². The van der Waals surface area contributed by atoms with E-state index in [0.717, 1.165) is 29.7 Å². The van der Waals surface area contributed by atoms with Gasteiger partial charge in [-0.15, -0.1) is 0 Å². The van der Waals surface area contributed by atoms with E-state index >= 15 is 0 Å². The lowest BCUT2D eigenvalue weighted by Gasteiger charge is -2.25. The molecule has 2 atom stereocenters. The number of aromatic nitrogens is 2. The number of benzene rings is 1. The van der Waals surface area contributed by atoms with Crippen molar-refractivity contribution in [1.82, 2.24) is 25.1 Å². The molecule has 8 nitrogen and oxygen atoms in total. The number of carbonyl (C=O) groups is 3. The maximum atomic E-state index is 12.7. The highest BCUT2D eigenvalue weighted by Crippen LogP contribution is 2.33. The Bertz CT molecular complexity index is 874. The number of nitrogens with one attached hydrogen (secondary N) is 2. The predicted molar refractivity (Wildman–Crippen MR) is 89.5 cm³/mol. The molecule has 0 aliphatic carbocycles. The van der Waals surface area contributed by atoms with E-state index < -0.39 is 18.0 Å². The molecule has 4 amide bonds. The molecule has 25 heavy (non-hydrogen) atoms. The number of aryl methyl sites for hydroxylation is 1.